The highest BCUT2D eigenvalue weighted by molar-refractivity contribution is 5.83. The Morgan fingerprint density at radius 1 is 1.40 bits per heavy atom. The lowest BCUT2D eigenvalue weighted by molar-refractivity contribution is -0.123. The van der Waals surface area contributed by atoms with Crippen molar-refractivity contribution in [1.82, 2.24) is 5.32 Å². The van der Waals surface area contributed by atoms with Crippen LogP contribution < -0.4 is 5.32 Å². The molecule has 0 aromatic heterocycles. The first kappa shape index (κ1) is 15.0. The second-order valence-corrected chi connectivity index (χ2v) is 6.32. The number of aliphatic hydroxyl groups excluding tert-OH is 1. The van der Waals surface area contributed by atoms with E-state index in [1.54, 1.807) is 0 Å². The number of hydrogen-bond donors (Lipinski definition) is 2. The van der Waals surface area contributed by atoms with Gasteiger partial charge in [-0.2, -0.15) is 0 Å². The highest BCUT2D eigenvalue weighted by Gasteiger charge is 2.44. The summed E-state index contributed by atoms with van der Waals surface area (Å²) in [7, 11) is 0. The van der Waals surface area contributed by atoms with Crippen LogP contribution in [0.1, 0.15) is 43.7 Å². The molecule has 0 spiro atoms. The van der Waals surface area contributed by atoms with Crippen LogP contribution in [0.2, 0.25) is 0 Å². The van der Waals surface area contributed by atoms with Crippen LogP contribution in [0.25, 0.3) is 0 Å². The molecule has 20 heavy (non-hydrogen) atoms. The minimum absolute atomic E-state index is 0.0195. The molecule has 0 unspecified atom stereocenters. The first-order chi connectivity index (χ1) is 9.52. The van der Waals surface area contributed by atoms with Crippen LogP contribution in [0.3, 0.4) is 0 Å². The van der Waals surface area contributed by atoms with Crippen molar-refractivity contribution >= 4 is 5.91 Å². The van der Waals surface area contributed by atoms with E-state index in [4.69, 9.17) is 0 Å². The summed E-state index contributed by atoms with van der Waals surface area (Å²) >= 11 is 0. The Morgan fingerprint density at radius 3 is 2.70 bits per heavy atom. The van der Waals surface area contributed by atoms with Gasteiger partial charge in [0.2, 0.25) is 5.91 Å². The fourth-order valence-corrected chi connectivity index (χ4v) is 2.89. The van der Waals surface area contributed by atoms with Gasteiger partial charge in [0.25, 0.3) is 0 Å². The molecule has 3 heteroatoms. The summed E-state index contributed by atoms with van der Waals surface area (Å²) in [6.45, 7) is 6.31. The summed E-state index contributed by atoms with van der Waals surface area (Å²) in [5.41, 5.74) is 2.55. The largest absolute Gasteiger partial charge is 0.394 e. The van der Waals surface area contributed by atoms with Gasteiger partial charge in [0, 0.05) is 5.92 Å². The quantitative estimate of drug-likeness (QED) is 0.838. The molecule has 1 aliphatic carbocycles. The van der Waals surface area contributed by atoms with E-state index in [9.17, 15) is 9.90 Å². The van der Waals surface area contributed by atoms with Crippen LogP contribution in [0.15, 0.2) is 24.3 Å². The number of nitrogens with one attached hydrogen (secondary N) is 1. The van der Waals surface area contributed by atoms with Gasteiger partial charge in [-0.1, -0.05) is 38.1 Å². The minimum atomic E-state index is -0.111. The molecule has 1 aromatic rings. The maximum Gasteiger partial charge on any atom is 0.224 e. The molecular weight excluding hydrogens is 250 g/mol. The van der Waals surface area contributed by atoms with Crippen molar-refractivity contribution in [2.75, 3.05) is 6.61 Å². The molecule has 3 nitrogen and oxygen atoms in total. The lowest BCUT2D eigenvalue weighted by Gasteiger charge is -2.18. The summed E-state index contributed by atoms with van der Waals surface area (Å²) in [6, 6.07) is 8.16. The molecule has 1 aromatic carbocycles. The summed E-state index contributed by atoms with van der Waals surface area (Å²) in [5, 5.41) is 12.3. The van der Waals surface area contributed by atoms with Crippen molar-refractivity contribution < 1.29 is 9.90 Å². The third-order valence-electron chi connectivity index (χ3n) is 4.04. The van der Waals surface area contributed by atoms with E-state index in [2.05, 4.69) is 38.2 Å². The van der Waals surface area contributed by atoms with Crippen molar-refractivity contribution in [3.8, 4) is 0 Å². The molecule has 1 aliphatic rings. The minimum Gasteiger partial charge on any atom is -0.394 e. The molecule has 1 saturated carbocycles. The first-order valence-corrected chi connectivity index (χ1v) is 7.49. The predicted octanol–water partition coefficient (Wildman–Crippen LogP) is 2.62. The Kier molecular flexibility index (Phi) is 4.81. The Balaban J connectivity index is 1.91. The van der Waals surface area contributed by atoms with E-state index in [1.807, 2.05) is 12.1 Å². The zero-order chi connectivity index (χ0) is 14.7. The molecule has 0 radical (unpaired) electrons. The summed E-state index contributed by atoms with van der Waals surface area (Å²) in [6.07, 6.45) is 1.75. The average molecular weight is 275 g/mol. The molecule has 0 heterocycles. The number of benzene rings is 1. The van der Waals surface area contributed by atoms with Crippen molar-refractivity contribution in [3.63, 3.8) is 0 Å². The van der Waals surface area contributed by atoms with Gasteiger partial charge >= 0.3 is 0 Å². The van der Waals surface area contributed by atoms with Gasteiger partial charge in [-0.05, 0) is 42.7 Å². The third-order valence-corrected chi connectivity index (χ3v) is 4.04. The van der Waals surface area contributed by atoms with Gasteiger partial charge in [-0.15, -0.1) is 0 Å². The van der Waals surface area contributed by atoms with E-state index in [1.165, 1.54) is 11.1 Å². The Bertz CT molecular complexity index is 470. The van der Waals surface area contributed by atoms with Gasteiger partial charge in [0.05, 0.1) is 12.6 Å². The zero-order valence-electron chi connectivity index (χ0n) is 12.6. The molecule has 2 N–H and O–H groups in total. The number of hydrogen-bond acceptors (Lipinski definition) is 2. The number of aliphatic hydroxyl groups is 1. The van der Waals surface area contributed by atoms with E-state index >= 15 is 0 Å². The molecular formula is C17H25NO2. The maximum atomic E-state index is 12.2. The lowest BCUT2D eigenvalue weighted by atomic mass is 10.0. The number of aryl methyl sites for hydroxylation is 1. The predicted molar refractivity (Wildman–Crippen MR) is 80.5 cm³/mol. The molecule has 3 atom stereocenters. The number of amides is 1. The van der Waals surface area contributed by atoms with E-state index in [0.717, 1.165) is 12.8 Å². The second kappa shape index (κ2) is 6.40. The SMILES string of the molecule is Cc1ccccc1[C@@H]1C[C@H]1C(=O)N[C@@H](CO)CC(C)C. The molecule has 1 fully saturated rings. The summed E-state index contributed by atoms with van der Waals surface area (Å²) in [5.74, 6) is 1.00. The standard InChI is InChI=1S/C17H25NO2/c1-11(2)8-13(10-19)18-17(20)16-9-15(16)14-7-5-4-6-12(14)3/h4-7,11,13,15-16,19H,8-10H2,1-3H3,(H,18,20)/t13-,15+,16-/m1/s1. The third kappa shape index (κ3) is 3.60. The topological polar surface area (TPSA) is 49.3 Å². The molecule has 2 rings (SSSR count). The summed E-state index contributed by atoms with van der Waals surface area (Å²) in [4.78, 5) is 12.2. The van der Waals surface area contributed by atoms with Crippen LogP contribution in [0.5, 0.6) is 0 Å². The average Bonchev–Trinajstić information content (AvgIpc) is 3.18. The van der Waals surface area contributed by atoms with E-state index < -0.39 is 0 Å². The number of carbonyl (C=O) groups excluding carboxylic acids is 1. The first-order valence-electron chi connectivity index (χ1n) is 7.49. The normalized spacial score (nSPS) is 22.6. The van der Waals surface area contributed by atoms with E-state index in [0.29, 0.717) is 11.8 Å². The van der Waals surface area contributed by atoms with Crippen LogP contribution in [0.4, 0.5) is 0 Å². The van der Waals surface area contributed by atoms with Gasteiger partial charge in [-0.25, -0.2) is 0 Å². The van der Waals surface area contributed by atoms with Crippen LogP contribution >= 0.6 is 0 Å². The summed E-state index contributed by atoms with van der Waals surface area (Å²) < 4.78 is 0. The van der Waals surface area contributed by atoms with Crippen LogP contribution in [-0.4, -0.2) is 23.7 Å². The highest BCUT2D eigenvalue weighted by atomic mass is 16.3. The van der Waals surface area contributed by atoms with Crippen molar-refractivity contribution in [1.29, 1.82) is 0 Å². The van der Waals surface area contributed by atoms with Crippen LogP contribution in [-0.2, 0) is 4.79 Å². The fourth-order valence-electron chi connectivity index (χ4n) is 2.89. The van der Waals surface area contributed by atoms with Crippen molar-refractivity contribution in [2.24, 2.45) is 11.8 Å². The van der Waals surface area contributed by atoms with Gasteiger partial charge in [0.1, 0.15) is 0 Å². The highest BCUT2D eigenvalue weighted by Crippen LogP contribution is 2.48. The van der Waals surface area contributed by atoms with Crippen molar-refractivity contribution in [2.45, 2.75) is 45.6 Å². The van der Waals surface area contributed by atoms with Crippen LogP contribution in [0, 0.1) is 18.8 Å². The zero-order valence-corrected chi connectivity index (χ0v) is 12.6. The van der Waals surface area contributed by atoms with Gasteiger partial charge in [-0.3, -0.25) is 4.79 Å². The Labute approximate surface area is 121 Å². The number of carbonyl (C=O) groups is 1. The Hall–Kier alpha value is -1.35. The van der Waals surface area contributed by atoms with E-state index in [-0.39, 0.29) is 24.5 Å². The molecule has 0 bridgehead atoms. The molecule has 1 amide bonds. The lowest BCUT2D eigenvalue weighted by Crippen LogP contribution is -2.39. The second-order valence-electron chi connectivity index (χ2n) is 6.32. The molecule has 0 aliphatic heterocycles. The van der Waals surface area contributed by atoms with Gasteiger partial charge in [0.15, 0.2) is 0 Å². The molecule has 0 saturated heterocycles. The maximum absolute atomic E-state index is 12.2. The monoisotopic (exact) mass is 275 g/mol. The van der Waals surface area contributed by atoms with Crippen molar-refractivity contribution in [3.05, 3.63) is 35.4 Å². The smallest absolute Gasteiger partial charge is 0.224 e. The van der Waals surface area contributed by atoms with Gasteiger partial charge < -0.3 is 10.4 Å². The fraction of sp³-hybridized carbons (Fsp3) is 0.588. The number of rotatable bonds is 6. The molecule has 110 valence electrons. The Morgan fingerprint density at radius 2 is 2.10 bits per heavy atom.